The van der Waals surface area contributed by atoms with Gasteiger partial charge in [0.05, 0.1) is 18.4 Å². The van der Waals surface area contributed by atoms with E-state index in [-0.39, 0.29) is 0 Å². The lowest BCUT2D eigenvalue weighted by molar-refractivity contribution is 0.416. The minimum atomic E-state index is 0.534. The molecule has 0 aliphatic rings. The predicted molar refractivity (Wildman–Crippen MR) is 85.6 cm³/mol. The molecular formula is C18H20N2O. The molecule has 21 heavy (non-hydrogen) atoms. The number of rotatable bonds is 5. The highest BCUT2D eigenvalue weighted by molar-refractivity contribution is 5.66. The second kappa shape index (κ2) is 6.81. The van der Waals surface area contributed by atoms with E-state index >= 15 is 0 Å². The Morgan fingerprint density at radius 3 is 2.43 bits per heavy atom. The number of anilines is 1. The van der Waals surface area contributed by atoms with E-state index in [9.17, 15) is 5.26 Å². The molecule has 2 rings (SSSR count). The van der Waals surface area contributed by atoms with Gasteiger partial charge in [-0.3, -0.25) is 0 Å². The summed E-state index contributed by atoms with van der Waals surface area (Å²) in [6.07, 6.45) is 0. The highest BCUT2D eigenvalue weighted by Crippen LogP contribution is 2.28. The van der Waals surface area contributed by atoms with Crippen LogP contribution in [0, 0.1) is 11.3 Å². The molecule has 0 saturated carbocycles. The Kier molecular flexibility index (Phi) is 4.84. The quantitative estimate of drug-likeness (QED) is 0.888. The van der Waals surface area contributed by atoms with Crippen molar-refractivity contribution in [2.75, 3.05) is 12.4 Å². The summed E-state index contributed by atoms with van der Waals surface area (Å²) in [6, 6.07) is 16.2. The SMILES string of the molecule is COc1cccc(C#N)c1NCc1ccc(C(C)C)cc1. The Labute approximate surface area is 126 Å². The van der Waals surface area contributed by atoms with Gasteiger partial charge in [0.15, 0.2) is 0 Å². The van der Waals surface area contributed by atoms with Crippen LogP contribution in [0.3, 0.4) is 0 Å². The van der Waals surface area contributed by atoms with Gasteiger partial charge >= 0.3 is 0 Å². The molecule has 0 amide bonds. The van der Waals surface area contributed by atoms with Gasteiger partial charge in [0.2, 0.25) is 0 Å². The fourth-order valence-electron chi connectivity index (χ4n) is 2.19. The molecule has 3 nitrogen and oxygen atoms in total. The van der Waals surface area contributed by atoms with Crippen molar-refractivity contribution in [1.82, 2.24) is 0 Å². The van der Waals surface area contributed by atoms with Gasteiger partial charge in [-0.15, -0.1) is 0 Å². The van der Waals surface area contributed by atoms with Crippen LogP contribution in [0.5, 0.6) is 5.75 Å². The topological polar surface area (TPSA) is 45.0 Å². The van der Waals surface area contributed by atoms with Crippen LogP contribution in [-0.2, 0) is 6.54 Å². The third-order valence-electron chi connectivity index (χ3n) is 3.48. The van der Waals surface area contributed by atoms with E-state index in [0.29, 0.717) is 23.8 Å². The highest BCUT2D eigenvalue weighted by atomic mass is 16.5. The molecule has 2 aromatic carbocycles. The summed E-state index contributed by atoms with van der Waals surface area (Å²) in [6.45, 7) is 5.02. The van der Waals surface area contributed by atoms with Crippen molar-refractivity contribution >= 4 is 5.69 Å². The molecule has 1 N–H and O–H groups in total. The van der Waals surface area contributed by atoms with Crippen LogP contribution < -0.4 is 10.1 Å². The van der Waals surface area contributed by atoms with Gasteiger partial charge in [-0.2, -0.15) is 5.26 Å². The lowest BCUT2D eigenvalue weighted by atomic mass is 10.0. The molecule has 0 aromatic heterocycles. The van der Waals surface area contributed by atoms with Crippen molar-refractivity contribution in [3.05, 3.63) is 59.2 Å². The second-order valence-electron chi connectivity index (χ2n) is 5.24. The van der Waals surface area contributed by atoms with Crippen molar-refractivity contribution in [2.24, 2.45) is 0 Å². The molecule has 3 heteroatoms. The molecule has 0 fully saturated rings. The molecule has 0 unspecified atom stereocenters. The minimum Gasteiger partial charge on any atom is -0.495 e. The summed E-state index contributed by atoms with van der Waals surface area (Å²) in [5, 5.41) is 12.5. The number of methoxy groups -OCH3 is 1. The van der Waals surface area contributed by atoms with Crippen LogP contribution in [0.2, 0.25) is 0 Å². The van der Waals surface area contributed by atoms with Crippen LogP contribution in [0.25, 0.3) is 0 Å². The van der Waals surface area contributed by atoms with E-state index in [0.717, 1.165) is 5.69 Å². The highest BCUT2D eigenvalue weighted by Gasteiger charge is 2.08. The van der Waals surface area contributed by atoms with Gasteiger partial charge < -0.3 is 10.1 Å². The van der Waals surface area contributed by atoms with Gasteiger partial charge in [-0.05, 0) is 29.2 Å². The first-order valence-corrected chi connectivity index (χ1v) is 7.05. The normalized spacial score (nSPS) is 10.2. The number of nitrogens with zero attached hydrogens (tertiary/aromatic N) is 1. The predicted octanol–water partition coefficient (Wildman–Crippen LogP) is 4.30. The molecule has 2 aromatic rings. The van der Waals surface area contributed by atoms with Gasteiger partial charge in [-0.25, -0.2) is 0 Å². The van der Waals surface area contributed by atoms with Crippen LogP contribution >= 0.6 is 0 Å². The van der Waals surface area contributed by atoms with Crippen LogP contribution in [0.4, 0.5) is 5.69 Å². The maximum atomic E-state index is 9.19. The number of nitrogens with one attached hydrogen (secondary N) is 1. The van der Waals surface area contributed by atoms with Gasteiger partial charge in [0, 0.05) is 6.54 Å². The van der Waals surface area contributed by atoms with Crippen molar-refractivity contribution in [3.8, 4) is 11.8 Å². The van der Waals surface area contributed by atoms with Gasteiger partial charge in [0.25, 0.3) is 0 Å². The van der Waals surface area contributed by atoms with Gasteiger partial charge in [0.1, 0.15) is 11.8 Å². The monoisotopic (exact) mass is 280 g/mol. The molecule has 0 radical (unpaired) electrons. The van der Waals surface area contributed by atoms with Crippen molar-refractivity contribution in [3.63, 3.8) is 0 Å². The van der Waals surface area contributed by atoms with E-state index in [2.05, 4.69) is 49.5 Å². The molecule has 0 atom stereocenters. The molecule has 0 saturated heterocycles. The van der Waals surface area contributed by atoms with Crippen LogP contribution in [-0.4, -0.2) is 7.11 Å². The first kappa shape index (κ1) is 14.9. The number of hydrogen-bond donors (Lipinski definition) is 1. The number of hydrogen-bond acceptors (Lipinski definition) is 3. The molecule has 0 aliphatic heterocycles. The summed E-state index contributed by atoms with van der Waals surface area (Å²) in [5.41, 5.74) is 3.84. The maximum absolute atomic E-state index is 9.19. The Balaban J connectivity index is 2.15. The maximum Gasteiger partial charge on any atom is 0.143 e. The smallest absolute Gasteiger partial charge is 0.143 e. The average molecular weight is 280 g/mol. The van der Waals surface area contributed by atoms with E-state index in [4.69, 9.17) is 4.74 Å². The fraction of sp³-hybridized carbons (Fsp3) is 0.278. The Hall–Kier alpha value is -2.47. The Bertz CT molecular complexity index is 639. The number of benzene rings is 2. The third-order valence-corrected chi connectivity index (χ3v) is 3.48. The molecule has 0 aliphatic carbocycles. The number of nitriles is 1. The average Bonchev–Trinajstić information content (AvgIpc) is 2.52. The van der Waals surface area contributed by atoms with E-state index in [1.54, 1.807) is 13.2 Å². The van der Waals surface area contributed by atoms with Gasteiger partial charge in [-0.1, -0.05) is 44.2 Å². The standard InChI is InChI=1S/C18H20N2O/c1-13(2)15-9-7-14(8-10-15)12-20-18-16(11-19)5-4-6-17(18)21-3/h4-10,13,20H,12H2,1-3H3. The van der Waals surface area contributed by atoms with Crippen molar-refractivity contribution < 1.29 is 4.74 Å². The zero-order valence-corrected chi connectivity index (χ0v) is 12.7. The van der Waals surface area contributed by atoms with Crippen LogP contribution in [0.1, 0.15) is 36.5 Å². The Morgan fingerprint density at radius 2 is 1.86 bits per heavy atom. The molecule has 108 valence electrons. The fourth-order valence-corrected chi connectivity index (χ4v) is 2.19. The van der Waals surface area contributed by atoms with Crippen LogP contribution in [0.15, 0.2) is 42.5 Å². The van der Waals surface area contributed by atoms with E-state index < -0.39 is 0 Å². The zero-order chi connectivity index (χ0) is 15.2. The summed E-state index contributed by atoms with van der Waals surface area (Å²) < 4.78 is 5.31. The summed E-state index contributed by atoms with van der Waals surface area (Å²) in [7, 11) is 1.61. The number of para-hydroxylation sites is 1. The summed E-state index contributed by atoms with van der Waals surface area (Å²) in [4.78, 5) is 0. The molecule has 0 bridgehead atoms. The largest absolute Gasteiger partial charge is 0.495 e. The van der Waals surface area contributed by atoms with Crippen molar-refractivity contribution in [1.29, 1.82) is 5.26 Å². The molecule has 0 spiro atoms. The minimum absolute atomic E-state index is 0.534. The lowest BCUT2D eigenvalue weighted by Gasteiger charge is -2.13. The zero-order valence-electron chi connectivity index (χ0n) is 12.7. The molecule has 0 heterocycles. The van der Waals surface area contributed by atoms with E-state index in [1.165, 1.54) is 11.1 Å². The second-order valence-corrected chi connectivity index (χ2v) is 5.24. The summed E-state index contributed by atoms with van der Waals surface area (Å²) >= 11 is 0. The first-order valence-electron chi connectivity index (χ1n) is 7.05. The summed E-state index contributed by atoms with van der Waals surface area (Å²) in [5.74, 6) is 1.22. The van der Waals surface area contributed by atoms with Crippen molar-refractivity contribution in [2.45, 2.75) is 26.3 Å². The first-order chi connectivity index (χ1) is 10.2. The Morgan fingerprint density at radius 1 is 1.14 bits per heavy atom. The lowest BCUT2D eigenvalue weighted by Crippen LogP contribution is -2.03. The molecular weight excluding hydrogens is 260 g/mol. The van der Waals surface area contributed by atoms with E-state index in [1.807, 2.05) is 12.1 Å². The third kappa shape index (κ3) is 3.55. The number of ether oxygens (including phenoxy) is 1.